The van der Waals surface area contributed by atoms with Gasteiger partial charge in [-0.05, 0) is 26.7 Å². The molecule has 0 amide bonds. The summed E-state index contributed by atoms with van der Waals surface area (Å²) in [6, 6.07) is 0. The summed E-state index contributed by atoms with van der Waals surface area (Å²) < 4.78 is 11.4. The van der Waals surface area contributed by atoms with Crippen molar-refractivity contribution in [2.24, 2.45) is 0 Å². The van der Waals surface area contributed by atoms with Crippen LogP contribution in [0.15, 0.2) is 24.3 Å². The molecular formula is C24H42O4. The molecule has 4 nitrogen and oxygen atoms in total. The van der Waals surface area contributed by atoms with Gasteiger partial charge in [0.1, 0.15) is 0 Å². The summed E-state index contributed by atoms with van der Waals surface area (Å²) in [4.78, 5) is 24.5. The van der Waals surface area contributed by atoms with E-state index in [0.29, 0.717) is 24.0 Å². The molecule has 162 valence electrons. The SMILES string of the molecule is C=C(C)C(=O)OC(CCCCCC)(CCCCCCCCC)OC(=O)C(=C)C. The van der Waals surface area contributed by atoms with E-state index >= 15 is 0 Å². The molecule has 0 aliphatic heterocycles. The summed E-state index contributed by atoms with van der Waals surface area (Å²) >= 11 is 0. The molecule has 0 saturated carbocycles. The van der Waals surface area contributed by atoms with Gasteiger partial charge >= 0.3 is 11.9 Å². The molecule has 0 aromatic carbocycles. The summed E-state index contributed by atoms with van der Waals surface area (Å²) in [6.07, 6.45) is 13.1. The smallest absolute Gasteiger partial charge is 0.336 e. The lowest BCUT2D eigenvalue weighted by Gasteiger charge is -2.33. The first-order chi connectivity index (χ1) is 13.3. The monoisotopic (exact) mass is 394 g/mol. The van der Waals surface area contributed by atoms with Crippen LogP contribution in [0.1, 0.15) is 111 Å². The molecule has 0 fully saturated rings. The minimum atomic E-state index is -1.22. The zero-order valence-corrected chi connectivity index (χ0v) is 18.7. The molecule has 0 aromatic heterocycles. The molecule has 0 aliphatic carbocycles. The summed E-state index contributed by atoms with van der Waals surface area (Å²) in [5.74, 6) is -2.23. The molecule has 0 spiro atoms. The van der Waals surface area contributed by atoms with E-state index in [1.165, 1.54) is 25.7 Å². The lowest BCUT2D eigenvalue weighted by atomic mass is 9.98. The van der Waals surface area contributed by atoms with Crippen LogP contribution in [0, 0.1) is 0 Å². The molecule has 0 bridgehead atoms. The fourth-order valence-electron chi connectivity index (χ4n) is 3.03. The lowest BCUT2D eigenvalue weighted by molar-refractivity contribution is -0.229. The maximum absolute atomic E-state index is 12.3. The van der Waals surface area contributed by atoms with Gasteiger partial charge in [0.25, 0.3) is 5.79 Å². The predicted octanol–water partition coefficient (Wildman–Crippen LogP) is 7.03. The Morgan fingerprint density at radius 2 is 0.964 bits per heavy atom. The third-order valence-corrected chi connectivity index (χ3v) is 4.83. The number of carbonyl (C=O) groups is 2. The van der Waals surface area contributed by atoms with Crippen molar-refractivity contribution in [3.8, 4) is 0 Å². The topological polar surface area (TPSA) is 52.6 Å². The minimum absolute atomic E-state index is 0.309. The third-order valence-electron chi connectivity index (χ3n) is 4.83. The molecule has 28 heavy (non-hydrogen) atoms. The zero-order valence-electron chi connectivity index (χ0n) is 18.7. The summed E-state index contributed by atoms with van der Waals surface area (Å²) in [5, 5.41) is 0. The number of hydrogen-bond acceptors (Lipinski definition) is 4. The Hall–Kier alpha value is -1.58. The largest absolute Gasteiger partial charge is 0.419 e. The van der Waals surface area contributed by atoms with Gasteiger partial charge in [0.15, 0.2) is 0 Å². The summed E-state index contributed by atoms with van der Waals surface area (Å²) in [5.41, 5.74) is 0.618. The van der Waals surface area contributed by atoms with Gasteiger partial charge in [0, 0.05) is 24.0 Å². The lowest BCUT2D eigenvalue weighted by Crippen LogP contribution is -2.40. The molecule has 0 aromatic rings. The first-order valence-electron chi connectivity index (χ1n) is 11.1. The van der Waals surface area contributed by atoms with Gasteiger partial charge in [-0.1, -0.05) is 84.8 Å². The molecule has 0 unspecified atom stereocenters. The van der Waals surface area contributed by atoms with Gasteiger partial charge in [0.05, 0.1) is 0 Å². The van der Waals surface area contributed by atoms with Crippen LogP contribution in [-0.2, 0) is 19.1 Å². The molecule has 0 atom stereocenters. The van der Waals surface area contributed by atoms with Crippen molar-refractivity contribution in [3.05, 3.63) is 24.3 Å². The Labute approximate surface area is 172 Å². The number of carbonyl (C=O) groups excluding carboxylic acids is 2. The van der Waals surface area contributed by atoms with E-state index in [2.05, 4.69) is 27.0 Å². The standard InChI is InChI=1S/C24H42O4/c1-7-9-11-13-14-15-17-19-24(18-16-12-10-8-2,27-22(25)20(3)4)28-23(26)21(5)6/h3,5,7-19H2,1-2,4,6H3. The van der Waals surface area contributed by atoms with E-state index < -0.39 is 17.7 Å². The van der Waals surface area contributed by atoms with E-state index in [4.69, 9.17) is 9.47 Å². The molecule has 4 heteroatoms. The number of esters is 2. The Morgan fingerprint density at radius 1 is 0.643 bits per heavy atom. The number of rotatable bonds is 17. The second kappa shape index (κ2) is 15.4. The summed E-state index contributed by atoms with van der Waals surface area (Å²) in [7, 11) is 0. The van der Waals surface area contributed by atoms with Crippen molar-refractivity contribution in [2.75, 3.05) is 0 Å². The van der Waals surface area contributed by atoms with E-state index in [9.17, 15) is 9.59 Å². The van der Waals surface area contributed by atoms with Crippen molar-refractivity contribution < 1.29 is 19.1 Å². The van der Waals surface area contributed by atoms with Gasteiger partial charge in [0.2, 0.25) is 0 Å². The first-order valence-corrected chi connectivity index (χ1v) is 11.1. The number of unbranched alkanes of at least 4 members (excludes halogenated alkanes) is 9. The molecule has 0 heterocycles. The average molecular weight is 395 g/mol. The first kappa shape index (κ1) is 26.4. The summed E-state index contributed by atoms with van der Waals surface area (Å²) in [6.45, 7) is 14.9. The normalized spacial score (nSPS) is 11.1. The maximum Gasteiger partial charge on any atom is 0.336 e. The van der Waals surface area contributed by atoms with Crippen LogP contribution in [0.25, 0.3) is 0 Å². The molecule has 0 rings (SSSR count). The predicted molar refractivity (Wildman–Crippen MR) is 116 cm³/mol. The van der Waals surface area contributed by atoms with Gasteiger partial charge in [-0.2, -0.15) is 0 Å². The highest BCUT2D eigenvalue weighted by Gasteiger charge is 2.38. The second-order valence-corrected chi connectivity index (χ2v) is 7.93. The van der Waals surface area contributed by atoms with Crippen molar-refractivity contribution in [1.82, 2.24) is 0 Å². The van der Waals surface area contributed by atoms with Crippen LogP contribution in [-0.4, -0.2) is 17.7 Å². The molecule has 0 aliphatic rings. The van der Waals surface area contributed by atoms with Crippen molar-refractivity contribution in [3.63, 3.8) is 0 Å². The Morgan fingerprint density at radius 3 is 1.32 bits per heavy atom. The quantitative estimate of drug-likeness (QED) is 0.115. The van der Waals surface area contributed by atoms with Gasteiger partial charge in [-0.3, -0.25) is 0 Å². The van der Waals surface area contributed by atoms with Gasteiger partial charge in [-0.15, -0.1) is 0 Å². The minimum Gasteiger partial charge on any atom is -0.419 e. The molecule has 0 N–H and O–H groups in total. The number of hydrogen-bond donors (Lipinski definition) is 0. The van der Waals surface area contributed by atoms with Gasteiger partial charge < -0.3 is 9.47 Å². The van der Waals surface area contributed by atoms with Crippen LogP contribution in [0.3, 0.4) is 0 Å². The fourth-order valence-corrected chi connectivity index (χ4v) is 3.03. The Kier molecular flexibility index (Phi) is 14.5. The van der Waals surface area contributed by atoms with Gasteiger partial charge in [-0.25, -0.2) is 9.59 Å². The maximum atomic E-state index is 12.3. The van der Waals surface area contributed by atoms with Crippen molar-refractivity contribution >= 4 is 11.9 Å². The zero-order chi connectivity index (χ0) is 21.4. The van der Waals surface area contributed by atoms with E-state index in [-0.39, 0.29) is 0 Å². The van der Waals surface area contributed by atoms with Crippen LogP contribution in [0.4, 0.5) is 0 Å². The van der Waals surface area contributed by atoms with Crippen LogP contribution < -0.4 is 0 Å². The highest BCUT2D eigenvalue weighted by Crippen LogP contribution is 2.30. The highest BCUT2D eigenvalue weighted by atomic mass is 16.7. The van der Waals surface area contributed by atoms with Crippen molar-refractivity contribution in [1.29, 1.82) is 0 Å². The Balaban J connectivity index is 5.08. The Bertz CT molecular complexity index is 465. The van der Waals surface area contributed by atoms with Crippen LogP contribution >= 0.6 is 0 Å². The average Bonchev–Trinajstić information content (AvgIpc) is 2.64. The van der Waals surface area contributed by atoms with E-state index in [1.54, 1.807) is 13.8 Å². The van der Waals surface area contributed by atoms with Crippen molar-refractivity contribution in [2.45, 2.75) is 117 Å². The number of ether oxygens (including phenoxy) is 2. The third kappa shape index (κ3) is 12.0. The van der Waals surface area contributed by atoms with E-state index in [1.807, 2.05) is 0 Å². The molecule has 0 saturated heterocycles. The van der Waals surface area contributed by atoms with E-state index in [0.717, 1.165) is 44.9 Å². The fraction of sp³-hybridized carbons (Fsp3) is 0.750. The van der Waals surface area contributed by atoms with Crippen LogP contribution in [0.5, 0.6) is 0 Å². The highest BCUT2D eigenvalue weighted by molar-refractivity contribution is 5.89. The molecule has 0 radical (unpaired) electrons. The van der Waals surface area contributed by atoms with Crippen LogP contribution in [0.2, 0.25) is 0 Å². The second-order valence-electron chi connectivity index (χ2n) is 7.93. The molecular weight excluding hydrogens is 352 g/mol.